The van der Waals surface area contributed by atoms with Crippen molar-refractivity contribution in [3.05, 3.63) is 41.2 Å². The normalized spacial score (nSPS) is 26.2. The number of hydrogen-bond donors (Lipinski definition) is 1. The van der Waals surface area contributed by atoms with Crippen LogP contribution in [0, 0.1) is 5.82 Å². The first-order valence-electron chi connectivity index (χ1n) is 7.02. The van der Waals surface area contributed by atoms with Crippen LogP contribution in [0.15, 0.2) is 24.3 Å². The highest BCUT2D eigenvalue weighted by atomic mass is 19.1. The minimum absolute atomic E-state index is 0.243. The Bertz CT molecular complexity index is 582. The molecule has 2 bridgehead atoms. The Morgan fingerprint density at radius 2 is 2.20 bits per heavy atom. The lowest BCUT2D eigenvalue weighted by atomic mass is 9.83. The second-order valence-electron chi connectivity index (χ2n) is 5.71. The van der Waals surface area contributed by atoms with E-state index in [0.717, 1.165) is 24.0 Å². The molecule has 1 fully saturated rings. The largest absolute Gasteiger partial charge is 0.478 e. The first kappa shape index (κ1) is 13.3. The average Bonchev–Trinajstić information content (AvgIpc) is 2.38. The van der Waals surface area contributed by atoms with Crippen molar-refractivity contribution in [2.75, 3.05) is 7.05 Å². The molecule has 3 nitrogen and oxygen atoms in total. The van der Waals surface area contributed by atoms with Crippen LogP contribution in [0.25, 0.3) is 5.57 Å². The molecule has 0 amide bonds. The molecule has 1 saturated heterocycles. The summed E-state index contributed by atoms with van der Waals surface area (Å²) in [5, 5.41) is 9.02. The standard InChI is InChI=1S/C16H18FNO2/c1-18-12-3-2-4-13(18)8-11(7-12)10-5-6-15(17)14(9-10)16(19)20/h5-7,9,12-13H,2-4,8H2,1H3,(H,19,20). The SMILES string of the molecule is CN1C2C=C(c3ccc(F)c(C(=O)O)c3)CC1CCC2. The van der Waals surface area contributed by atoms with E-state index in [1.807, 2.05) is 0 Å². The summed E-state index contributed by atoms with van der Waals surface area (Å²) in [7, 11) is 2.15. The van der Waals surface area contributed by atoms with E-state index in [-0.39, 0.29) is 5.56 Å². The summed E-state index contributed by atoms with van der Waals surface area (Å²) in [4.78, 5) is 13.4. The number of piperidine rings is 1. The van der Waals surface area contributed by atoms with E-state index in [9.17, 15) is 9.18 Å². The molecule has 1 aromatic carbocycles. The Morgan fingerprint density at radius 3 is 2.90 bits per heavy atom. The van der Waals surface area contributed by atoms with Gasteiger partial charge in [-0.2, -0.15) is 0 Å². The highest BCUT2D eigenvalue weighted by Crippen LogP contribution is 2.36. The quantitative estimate of drug-likeness (QED) is 0.901. The summed E-state index contributed by atoms with van der Waals surface area (Å²) < 4.78 is 13.5. The van der Waals surface area contributed by atoms with Gasteiger partial charge in [-0.3, -0.25) is 4.90 Å². The topological polar surface area (TPSA) is 40.5 Å². The number of carbonyl (C=O) groups is 1. The molecule has 3 rings (SSSR count). The number of aromatic carboxylic acids is 1. The molecular formula is C16H18FNO2. The predicted octanol–water partition coefficient (Wildman–Crippen LogP) is 3.16. The second-order valence-corrected chi connectivity index (χ2v) is 5.71. The Hall–Kier alpha value is -1.68. The van der Waals surface area contributed by atoms with Crippen LogP contribution in [-0.2, 0) is 0 Å². The van der Waals surface area contributed by atoms with Gasteiger partial charge in [-0.25, -0.2) is 9.18 Å². The minimum atomic E-state index is -1.21. The lowest BCUT2D eigenvalue weighted by molar-refractivity contribution is 0.0692. The number of carboxylic acid groups (broad SMARTS) is 1. The molecule has 0 aliphatic carbocycles. The van der Waals surface area contributed by atoms with Crippen molar-refractivity contribution in [3.8, 4) is 0 Å². The zero-order chi connectivity index (χ0) is 14.3. The van der Waals surface area contributed by atoms with Crippen molar-refractivity contribution in [1.82, 2.24) is 4.90 Å². The molecular weight excluding hydrogens is 257 g/mol. The molecule has 0 aromatic heterocycles. The average molecular weight is 275 g/mol. The van der Waals surface area contributed by atoms with Crippen LogP contribution < -0.4 is 0 Å². The number of carboxylic acids is 1. The molecule has 2 unspecified atom stereocenters. The van der Waals surface area contributed by atoms with Gasteiger partial charge in [0.15, 0.2) is 0 Å². The van der Waals surface area contributed by atoms with Gasteiger partial charge in [0.2, 0.25) is 0 Å². The highest BCUT2D eigenvalue weighted by molar-refractivity contribution is 5.89. The van der Waals surface area contributed by atoms with E-state index in [1.54, 1.807) is 6.07 Å². The Labute approximate surface area is 117 Å². The lowest BCUT2D eigenvalue weighted by Crippen LogP contribution is -2.45. The molecule has 0 radical (unpaired) electrons. The predicted molar refractivity (Wildman–Crippen MR) is 75.1 cm³/mol. The van der Waals surface area contributed by atoms with Gasteiger partial charge in [-0.05, 0) is 49.6 Å². The lowest BCUT2D eigenvalue weighted by Gasteiger charge is -2.42. The number of nitrogens with zero attached hydrogens (tertiary/aromatic N) is 1. The van der Waals surface area contributed by atoms with Gasteiger partial charge in [0.05, 0.1) is 5.56 Å². The summed E-state index contributed by atoms with van der Waals surface area (Å²) in [5.74, 6) is -1.88. The molecule has 1 N–H and O–H groups in total. The summed E-state index contributed by atoms with van der Waals surface area (Å²) in [6.07, 6.45) is 6.69. The van der Waals surface area contributed by atoms with Crippen LogP contribution in [0.1, 0.15) is 41.6 Å². The van der Waals surface area contributed by atoms with Gasteiger partial charge in [-0.1, -0.05) is 18.6 Å². The maximum absolute atomic E-state index is 13.5. The molecule has 2 aliphatic rings. The molecule has 2 heterocycles. The number of likely N-dealkylation sites (N-methyl/N-ethyl adjacent to an activating group) is 1. The third-order valence-corrected chi connectivity index (χ3v) is 4.55. The van der Waals surface area contributed by atoms with Crippen molar-refractivity contribution in [3.63, 3.8) is 0 Å². The van der Waals surface area contributed by atoms with Gasteiger partial charge in [-0.15, -0.1) is 0 Å². The molecule has 1 aromatic rings. The summed E-state index contributed by atoms with van der Waals surface area (Å²) in [6, 6.07) is 5.36. The summed E-state index contributed by atoms with van der Waals surface area (Å²) >= 11 is 0. The number of fused-ring (bicyclic) bond motifs is 2. The molecule has 20 heavy (non-hydrogen) atoms. The van der Waals surface area contributed by atoms with Crippen LogP contribution in [0.5, 0.6) is 0 Å². The van der Waals surface area contributed by atoms with Crippen LogP contribution in [0.3, 0.4) is 0 Å². The number of hydrogen-bond acceptors (Lipinski definition) is 2. The number of halogens is 1. The zero-order valence-corrected chi connectivity index (χ0v) is 11.5. The highest BCUT2D eigenvalue weighted by Gasteiger charge is 2.31. The van der Waals surface area contributed by atoms with E-state index < -0.39 is 11.8 Å². The van der Waals surface area contributed by atoms with Gasteiger partial charge in [0.1, 0.15) is 5.82 Å². The Morgan fingerprint density at radius 1 is 1.40 bits per heavy atom. The van der Waals surface area contributed by atoms with Gasteiger partial charge < -0.3 is 5.11 Å². The first-order valence-corrected chi connectivity index (χ1v) is 7.02. The smallest absolute Gasteiger partial charge is 0.338 e. The fourth-order valence-electron chi connectivity index (χ4n) is 3.34. The maximum Gasteiger partial charge on any atom is 0.338 e. The van der Waals surface area contributed by atoms with E-state index in [4.69, 9.17) is 5.11 Å². The Kier molecular flexibility index (Phi) is 3.34. The van der Waals surface area contributed by atoms with Gasteiger partial charge >= 0.3 is 5.97 Å². The number of rotatable bonds is 2. The summed E-state index contributed by atoms with van der Waals surface area (Å²) in [5.41, 5.74) is 1.75. The fraction of sp³-hybridized carbons (Fsp3) is 0.438. The van der Waals surface area contributed by atoms with E-state index in [0.29, 0.717) is 12.1 Å². The number of benzene rings is 1. The minimum Gasteiger partial charge on any atom is -0.478 e. The Balaban J connectivity index is 1.97. The maximum atomic E-state index is 13.5. The van der Waals surface area contributed by atoms with Crippen molar-refractivity contribution in [1.29, 1.82) is 0 Å². The molecule has 2 aliphatic heterocycles. The fourth-order valence-corrected chi connectivity index (χ4v) is 3.34. The third kappa shape index (κ3) is 2.24. The molecule has 0 saturated carbocycles. The van der Waals surface area contributed by atoms with Crippen molar-refractivity contribution < 1.29 is 14.3 Å². The molecule has 106 valence electrons. The van der Waals surface area contributed by atoms with Crippen LogP contribution >= 0.6 is 0 Å². The van der Waals surface area contributed by atoms with E-state index >= 15 is 0 Å². The van der Waals surface area contributed by atoms with E-state index in [1.165, 1.54) is 25.0 Å². The van der Waals surface area contributed by atoms with Crippen LogP contribution in [0.4, 0.5) is 4.39 Å². The third-order valence-electron chi connectivity index (χ3n) is 4.55. The van der Waals surface area contributed by atoms with Crippen molar-refractivity contribution in [2.24, 2.45) is 0 Å². The van der Waals surface area contributed by atoms with Gasteiger partial charge in [0, 0.05) is 12.1 Å². The molecule has 2 atom stereocenters. The zero-order valence-electron chi connectivity index (χ0n) is 11.5. The summed E-state index contributed by atoms with van der Waals surface area (Å²) in [6.45, 7) is 0. The van der Waals surface area contributed by atoms with Crippen molar-refractivity contribution >= 4 is 11.5 Å². The monoisotopic (exact) mass is 275 g/mol. The second kappa shape index (κ2) is 5.02. The van der Waals surface area contributed by atoms with Gasteiger partial charge in [0.25, 0.3) is 0 Å². The van der Waals surface area contributed by atoms with Crippen LogP contribution in [0.2, 0.25) is 0 Å². The van der Waals surface area contributed by atoms with Crippen molar-refractivity contribution in [2.45, 2.75) is 37.8 Å². The van der Waals surface area contributed by atoms with Crippen LogP contribution in [-0.4, -0.2) is 35.1 Å². The van der Waals surface area contributed by atoms with E-state index in [2.05, 4.69) is 18.0 Å². The first-order chi connectivity index (χ1) is 9.56. The molecule has 0 spiro atoms. The molecule has 4 heteroatoms.